The lowest BCUT2D eigenvalue weighted by molar-refractivity contribution is -0.129. The highest BCUT2D eigenvalue weighted by Crippen LogP contribution is 2.31. The van der Waals surface area contributed by atoms with Gasteiger partial charge in [0.1, 0.15) is 0 Å². The number of amides is 2. The van der Waals surface area contributed by atoms with Crippen LogP contribution in [0.1, 0.15) is 68.8 Å². The van der Waals surface area contributed by atoms with Crippen LogP contribution in [-0.2, 0) is 11.2 Å². The number of nitrogens with zero attached hydrogens (tertiary/aromatic N) is 2. The van der Waals surface area contributed by atoms with Crippen LogP contribution in [0.5, 0.6) is 0 Å². The maximum Gasteiger partial charge on any atom is 0.253 e. The molecule has 1 aromatic rings. The fourth-order valence-corrected chi connectivity index (χ4v) is 4.81. The minimum atomic E-state index is -0.0410. The van der Waals surface area contributed by atoms with Gasteiger partial charge < -0.3 is 10.2 Å². The number of carbonyl (C=O) groups is 2. The Morgan fingerprint density at radius 3 is 2.23 bits per heavy atom. The summed E-state index contributed by atoms with van der Waals surface area (Å²) in [6.07, 6.45) is 6.74. The summed E-state index contributed by atoms with van der Waals surface area (Å²) in [5, 5.41) is 3.20. The van der Waals surface area contributed by atoms with Crippen LogP contribution in [0.2, 0.25) is 0 Å². The van der Waals surface area contributed by atoms with Gasteiger partial charge in [-0.2, -0.15) is 0 Å². The van der Waals surface area contributed by atoms with Gasteiger partial charge >= 0.3 is 0 Å². The number of piperazine rings is 1. The van der Waals surface area contributed by atoms with Crippen molar-refractivity contribution in [2.24, 2.45) is 11.8 Å². The van der Waals surface area contributed by atoms with E-state index in [-0.39, 0.29) is 17.9 Å². The quantitative estimate of drug-likeness (QED) is 0.707. The van der Waals surface area contributed by atoms with Crippen LogP contribution in [-0.4, -0.2) is 60.4 Å². The topological polar surface area (TPSA) is 52.7 Å². The van der Waals surface area contributed by atoms with E-state index < -0.39 is 0 Å². The summed E-state index contributed by atoms with van der Waals surface area (Å²) < 4.78 is 0. The van der Waals surface area contributed by atoms with Crippen molar-refractivity contribution in [2.75, 3.05) is 32.7 Å². The van der Waals surface area contributed by atoms with Crippen molar-refractivity contribution < 1.29 is 9.59 Å². The van der Waals surface area contributed by atoms with Crippen molar-refractivity contribution in [1.29, 1.82) is 0 Å². The highest BCUT2D eigenvalue weighted by molar-refractivity contribution is 5.94. The second kappa shape index (κ2) is 10.9. The molecule has 1 N–H and O–H groups in total. The highest BCUT2D eigenvalue weighted by Gasteiger charge is 2.37. The molecule has 1 aromatic carbocycles. The summed E-state index contributed by atoms with van der Waals surface area (Å²) in [4.78, 5) is 30.3. The van der Waals surface area contributed by atoms with E-state index in [1.807, 2.05) is 29.2 Å². The van der Waals surface area contributed by atoms with E-state index in [1.165, 1.54) is 18.4 Å². The van der Waals surface area contributed by atoms with Crippen molar-refractivity contribution in [3.63, 3.8) is 0 Å². The lowest BCUT2D eigenvalue weighted by atomic mass is 9.94. The van der Waals surface area contributed by atoms with Gasteiger partial charge in [0.05, 0.1) is 6.04 Å². The predicted octanol–water partition coefficient (Wildman–Crippen LogP) is 3.73. The molecule has 3 rings (SSSR count). The third kappa shape index (κ3) is 5.84. The van der Waals surface area contributed by atoms with Gasteiger partial charge in [-0.25, -0.2) is 0 Å². The van der Waals surface area contributed by atoms with Crippen LogP contribution in [0.3, 0.4) is 0 Å². The third-order valence-corrected chi connectivity index (χ3v) is 6.74. The standard InChI is InChI=1S/C25H39N3O2/c1-4-20-9-11-22(12-10-20)25(30)28-17-15-27(16-18-28)23(21-7-5-6-8-21)24(29)26-14-13-19(2)3/h9-12,19,21,23H,4-8,13-18H2,1-3H3,(H,26,29). The molecular weight excluding hydrogens is 374 g/mol. The Morgan fingerprint density at radius 2 is 1.67 bits per heavy atom. The largest absolute Gasteiger partial charge is 0.355 e. The first-order valence-electron chi connectivity index (χ1n) is 11.9. The minimum Gasteiger partial charge on any atom is -0.355 e. The van der Waals surface area contributed by atoms with Gasteiger partial charge in [-0.1, -0.05) is 45.7 Å². The molecule has 1 saturated heterocycles. The molecule has 1 atom stereocenters. The maximum atomic E-state index is 13.1. The number of hydrogen-bond donors (Lipinski definition) is 1. The Balaban J connectivity index is 1.59. The normalized spacial score (nSPS) is 19.3. The van der Waals surface area contributed by atoms with Gasteiger partial charge in [-0.3, -0.25) is 14.5 Å². The maximum absolute atomic E-state index is 13.1. The number of rotatable bonds is 8. The molecule has 5 nitrogen and oxygen atoms in total. The number of hydrogen-bond acceptors (Lipinski definition) is 3. The molecule has 1 aliphatic heterocycles. The first kappa shape index (κ1) is 22.8. The predicted molar refractivity (Wildman–Crippen MR) is 122 cm³/mol. The smallest absolute Gasteiger partial charge is 0.253 e. The fourth-order valence-electron chi connectivity index (χ4n) is 4.81. The Morgan fingerprint density at radius 1 is 1.03 bits per heavy atom. The van der Waals surface area contributed by atoms with E-state index in [4.69, 9.17) is 0 Å². The van der Waals surface area contributed by atoms with Crippen LogP contribution in [0.4, 0.5) is 0 Å². The van der Waals surface area contributed by atoms with Gasteiger partial charge in [-0.05, 0) is 55.2 Å². The van der Waals surface area contributed by atoms with E-state index in [0.717, 1.165) is 50.9 Å². The van der Waals surface area contributed by atoms with E-state index >= 15 is 0 Å². The van der Waals surface area contributed by atoms with Crippen molar-refractivity contribution in [3.8, 4) is 0 Å². The summed E-state index contributed by atoms with van der Waals surface area (Å²) >= 11 is 0. The SMILES string of the molecule is CCc1ccc(C(=O)N2CCN(C(C(=O)NCCC(C)C)C3CCCC3)CC2)cc1. The third-order valence-electron chi connectivity index (χ3n) is 6.74. The zero-order valence-corrected chi connectivity index (χ0v) is 19.0. The van der Waals surface area contributed by atoms with Crippen LogP contribution >= 0.6 is 0 Å². The van der Waals surface area contributed by atoms with Gasteiger partial charge in [0.25, 0.3) is 5.91 Å². The second-order valence-corrected chi connectivity index (χ2v) is 9.34. The van der Waals surface area contributed by atoms with E-state index in [1.54, 1.807) is 0 Å². The first-order valence-corrected chi connectivity index (χ1v) is 11.9. The lowest BCUT2D eigenvalue weighted by Crippen LogP contribution is -2.58. The molecule has 2 amide bonds. The fraction of sp³-hybridized carbons (Fsp3) is 0.680. The number of carbonyl (C=O) groups excluding carboxylic acids is 2. The molecule has 30 heavy (non-hydrogen) atoms. The first-order chi connectivity index (χ1) is 14.5. The molecule has 0 radical (unpaired) electrons. The number of nitrogens with one attached hydrogen (secondary N) is 1. The zero-order valence-electron chi connectivity index (χ0n) is 19.0. The Kier molecular flexibility index (Phi) is 8.32. The number of benzene rings is 1. The molecule has 0 bridgehead atoms. The summed E-state index contributed by atoms with van der Waals surface area (Å²) in [5.41, 5.74) is 2.01. The summed E-state index contributed by atoms with van der Waals surface area (Å²) in [6.45, 7) is 10.2. The Hall–Kier alpha value is -1.88. The molecule has 166 valence electrons. The molecule has 5 heteroatoms. The molecule has 2 aliphatic rings. The van der Waals surface area contributed by atoms with E-state index in [0.29, 0.717) is 24.9 Å². The van der Waals surface area contributed by atoms with Crippen LogP contribution in [0, 0.1) is 11.8 Å². The Labute approximate surface area is 182 Å². The van der Waals surface area contributed by atoms with Gasteiger partial charge in [0, 0.05) is 38.3 Å². The van der Waals surface area contributed by atoms with E-state index in [2.05, 4.69) is 31.0 Å². The van der Waals surface area contributed by atoms with Crippen LogP contribution < -0.4 is 5.32 Å². The van der Waals surface area contributed by atoms with Gasteiger partial charge in [0.15, 0.2) is 0 Å². The van der Waals surface area contributed by atoms with Crippen LogP contribution in [0.15, 0.2) is 24.3 Å². The number of aryl methyl sites for hydroxylation is 1. The average Bonchev–Trinajstić information content (AvgIpc) is 3.28. The average molecular weight is 414 g/mol. The second-order valence-electron chi connectivity index (χ2n) is 9.34. The monoisotopic (exact) mass is 413 g/mol. The highest BCUT2D eigenvalue weighted by atomic mass is 16.2. The minimum absolute atomic E-state index is 0.0410. The molecule has 2 fully saturated rings. The summed E-state index contributed by atoms with van der Waals surface area (Å²) in [5.74, 6) is 1.35. The molecule has 1 aliphatic carbocycles. The molecule has 1 saturated carbocycles. The van der Waals surface area contributed by atoms with Gasteiger partial charge in [0.2, 0.25) is 5.91 Å². The molecule has 0 spiro atoms. The molecule has 0 aromatic heterocycles. The summed E-state index contributed by atoms with van der Waals surface area (Å²) in [6, 6.07) is 7.93. The van der Waals surface area contributed by atoms with Crippen LogP contribution in [0.25, 0.3) is 0 Å². The zero-order chi connectivity index (χ0) is 21.5. The summed E-state index contributed by atoms with van der Waals surface area (Å²) in [7, 11) is 0. The molecule has 1 heterocycles. The van der Waals surface area contributed by atoms with Crippen molar-refractivity contribution in [2.45, 2.75) is 65.3 Å². The van der Waals surface area contributed by atoms with Crippen molar-refractivity contribution >= 4 is 11.8 Å². The lowest BCUT2D eigenvalue weighted by Gasteiger charge is -2.40. The van der Waals surface area contributed by atoms with E-state index in [9.17, 15) is 9.59 Å². The van der Waals surface area contributed by atoms with Gasteiger partial charge in [-0.15, -0.1) is 0 Å². The van der Waals surface area contributed by atoms with Crippen molar-refractivity contribution in [3.05, 3.63) is 35.4 Å². The molecule has 1 unspecified atom stereocenters. The molecular formula is C25H39N3O2. The Bertz CT molecular complexity index is 687. The van der Waals surface area contributed by atoms with Crippen molar-refractivity contribution in [1.82, 2.24) is 15.1 Å².